The van der Waals surface area contributed by atoms with Crippen LogP contribution in [0, 0.1) is 0 Å². The molecule has 1 amide bonds. The number of phenols is 1. The Kier molecular flexibility index (Phi) is 3.85. The number of phenolic OH excluding ortho intramolecular Hbond substituents is 1. The van der Waals surface area contributed by atoms with Gasteiger partial charge in [-0.05, 0) is 0 Å². The first-order valence-electron chi connectivity index (χ1n) is 6.67. The van der Waals surface area contributed by atoms with Crippen molar-refractivity contribution in [2.75, 3.05) is 13.1 Å². The average Bonchev–Trinajstić information content (AvgIpc) is 2.97. The number of amides is 1. The van der Waals surface area contributed by atoms with Crippen molar-refractivity contribution in [3.8, 4) is 17.0 Å². The Bertz CT molecular complexity index is 620. The third-order valence-electron chi connectivity index (χ3n) is 3.49. The van der Waals surface area contributed by atoms with Crippen molar-refractivity contribution in [3.63, 3.8) is 0 Å². The van der Waals surface area contributed by atoms with E-state index in [0.717, 1.165) is 25.9 Å². The maximum absolute atomic E-state index is 12.5. The Morgan fingerprint density at radius 1 is 1.15 bits per heavy atom. The van der Waals surface area contributed by atoms with Crippen LogP contribution in [0.4, 0.5) is 0 Å². The number of piperidine rings is 1. The van der Waals surface area contributed by atoms with Crippen LogP contribution >= 0.6 is 0 Å². The van der Waals surface area contributed by atoms with E-state index in [0.29, 0.717) is 17.0 Å². The third-order valence-corrected chi connectivity index (χ3v) is 4.60. The van der Waals surface area contributed by atoms with Crippen LogP contribution in [0.1, 0.15) is 29.8 Å². The van der Waals surface area contributed by atoms with Crippen molar-refractivity contribution in [2.45, 2.75) is 19.3 Å². The van der Waals surface area contributed by atoms with E-state index in [2.05, 4.69) is 7.96 Å². The van der Waals surface area contributed by atoms with Gasteiger partial charge in [0.15, 0.2) is 0 Å². The summed E-state index contributed by atoms with van der Waals surface area (Å²) in [5.74, 6) is 0.0918. The summed E-state index contributed by atoms with van der Waals surface area (Å²) in [4.78, 5) is 14.4. The molecule has 20 heavy (non-hydrogen) atoms. The molecule has 1 aromatic heterocycles. The Balaban J connectivity index is 1.94. The number of hydrogen-bond acceptors (Lipinski definition) is 4. The van der Waals surface area contributed by atoms with Crippen LogP contribution < -0.4 is 0 Å². The molecule has 1 aliphatic rings. The fourth-order valence-electron chi connectivity index (χ4n) is 2.43. The zero-order chi connectivity index (χ0) is 13.9. The molecule has 3 rings (SSSR count). The molecule has 0 radical (unpaired) electrons. The van der Waals surface area contributed by atoms with Crippen LogP contribution in [0.25, 0.3) is 11.3 Å². The molecule has 0 spiro atoms. The predicted octanol–water partition coefficient (Wildman–Crippen LogP) is 1.53. The van der Waals surface area contributed by atoms with Crippen LogP contribution in [0.2, 0.25) is 0 Å². The summed E-state index contributed by atoms with van der Waals surface area (Å²) >= 11 is -0.293. The van der Waals surface area contributed by atoms with Gasteiger partial charge < -0.3 is 0 Å². The maximum atomic E-state index is 12.5. The summed E-state index contributed by atoms with van der Waals surface area (Å²) in [6.07, 6.45) is 3.28. The van der Waals surface area contributed by atoms with E-state index in [1.807, 2.05) is 11.0 Å². The summed E-state index contributed by atoms with van der Waals surface area (Å²) < 4.78 is 8.61. The molecule has 2 heterocycles. The monoisotopic (exact) mass is 337 g/mol. The van der Waals surface area contributed by atoms with E-state index in [9.17, 15) is 9.90 Å². The van der Waals surface area contributed by atoms with Crippen molar-refractivity contribution in [2.24, 2.45) is 0 Å². The Labute approximate surface area is 123 Å². The van der Waals surface area contributed by atoms with Crippen molar-refractivity contribution in [1.82, 2.24) is 12.9 Å². The Hall–Kier alpha value is -1.65. The quantitative estimate of drug-likeness (QED) is 0.845. The number of aromatic hydroxyl groups is 1. The molecule has 0 unspecified atom stereocenters. The predicted molar refractivity (Wildman–Crippen MR) is 75.8 cm³/mol. The van der Waals surface area contributed by atoms with Gasteiger partial charge in [0.2, 0.25) is 0 Å². The molecule has 1 aliphatic heterocycles. The molecule has 1 saturated heterocycles. The van der Waals surface area contributed by atoms with E-state index in [1.165, 1.54) is 6.42 Å². The van der Waals surface area contributed by atoms with Gasteiger partial charge in [0.1, 0.15) is 0 Å². The first-order chi connectivity index (χ1) is 9.77. The molecule has 5 nitrogen and oxygen atoms in total. The molecule has 1 fully saturated rings. The Morgan fingerprint density at radius 2 is 1.90 bits per heavy atom. The molecule has 1 N–H and O–H groups in total. The summed E-state index contributed by atoms with van der Waals surface area (Å²) in [6.45, 7) is 1.58. The number of carbonyl (C=O) groups is 1. The topological polar surface area (TPSA) is 66.3 Å². The number of nitrogens with zero attached hydrogens (tertiary/aromatic N) is 3. The molecule has 0 bridgehead atoms. The van der Waals surface area contributed by atoms with E-state index in [1.54, 1.807) is 18.2 Å². The van der Waals surface area contributed by atoms with Crippen molar-refractivity contribution >= 4 is 20.9 Å². The van der Waals surface area contributed by atoms with E-state index >= 15 is 0 Å². The third kappa shape index (κ3) is 2.49. The van der Waals surface area contributed by atoms with Gasteiger partial charge in [-0.3, -0.25) is 0 Å². The SMILES string of the molecule is O=C(c1n[se]nc1-c1ccccc1O)N1CCCCC1. The van der Waals surface area contributed by atoms with Crippen LogP contribution in [0.5, 0.6) is 5.75 Å². The van der Waals surface area contributed by atoms with Crippen LogP contribution in [-0.2, 0) is 0 Å². The summed E-state index contributed by atoms with van der Waals surface area (Å²) in [6, 6.07) is 6.95. The Morgan fingerprint density at radius 3 is 2.65 bits per heavy atom. The minimum atomic E-state index is -0.293. The van der Waals surface area contributed by atoms with Crippen molar-refractivity contribution < 1.29 is 9.90 Å². The number of hydrogen-bond donors (Lipinski definition) is 1. The first kappa shape index (κ1) is 13.3. The van der Waals surface area contributed by atoms with Crippen molar-refractivity contribution in [3.05, 3.63) is 30.0 Å². The number of aromatic nitrogens is 2. The second-order valence-corrected chi connectivity index (χ2v) is 5.94. The molecule has 0 aliphatic carbocycles. The summed E-state index contributed by atoms with van der Waals surface area (Å²) in [5.41, 5.74) is 1.54. The fourth-order valence-corrected chi connectivity index (χ4v) is 3.59. The van der Waals surface area contributed by atoms with Crippen LogP contribution in [0.3, 0.4) is 0 Å². The molecule has 0 atom stereocenters. The van der Waals surface area contributed by atoms with Gasteiger partial charge in [-0.15, -0.1) is 0 Å². The molecule has 104 valence electrons. The van der Waals surface area contributed by atoms with E-state index in [-0.39, 0.29) is 26.6 Å². The summed E-state index contributed by atoms with van der Waals surface area (Å²) in [5, 5.41) is 9.93. The van der Waals surface area contributed by atoms with Gasteiger partial charge in [-0.2, -0.15) is 0 Å². The minimum absolute atomic E-state index is 0.0499. The number of likely N-dealkylation sites (tertiary alicyclic amines) is 1. The number of rotatable bonds is 2. The van der Waals surface area contributed by atoms with Crippen LogP contribution in [0.15, 0.2) is 24.3 Å². The van der Waals surface area contributed by atoms with Gasteiger partial charge in [0, 0.05) is 0 Å². The van der Waals surface area contributed by atoms with Crippen LogP contribution in [-0.4, -0.2) is 51.9 Å². The van der Waals surface area contributed by atoms with Gasteiger partial charge in [0.25, 0.3) is 0 Å². The van der Waals surface area contributed by atoms with Crippen molar-refractivity contribution in [1.29, 1.82) is 0 Å². The molecular formula is C14H15N3O2Se. The normalized spacial score (nSPS) is 15.3. The number of benzene rings is 1. The molecule has 0 saturated carbocycles. The average molecular weight is 336 g/mol. The standard InChI is InChI=1S/C14H15N3O2Se/c18-11-7-3-2-6-10(11)12-13(16-20-15-12)14(19)17-8-4-1-5-9-17/h2-3,6-7,18H,1,4-5,8-9H2. The second-order valence-electron chi connectivity index (χ2n) is 4.83. The fraction of sp³-hybridized carbons (Fsp3) is 0.357. The molecular weight excluding hydrogens is 321 g/mol. The second kappa shape index (κ2) is 5.77. The van der Waals surface area contributed by atoms with Gasteiger partial charge in [-0.25, -0.2) is 0 Å². The molecule has 2 aromatic rings. The molecule has 6 heteroatoms. The zero-order valence-corrected chi connectivity index (χ0v) is 12.7. The number of para-hydroxylation sites is 1. The number of carbonyl (C=O) groups excluding carboxylic acids is 1. The molecule has 1 aromatic carbocycles. The van der Waals surface area contributed by atoms with E-state index in [4.69, 9.17) is 0 Å². The zero-order valence-electron chi connectivity index (χ0n) is 11.0. The first-order valence-corrected chi connectivity index (χ1v) is 8.21. The summed E-state index contributed by atoms with van der Waals surface area (Å²) in [7, 11) is 0. The van der Waals surface area contributed by atoms with E-state index < -0.39 is 0 Å². The van der Waals surface area contributed by atoms with Gasteiger partial charge in [-0.1, -0.05) is 0 Å². The van der Waals surface area contributed by atoms with Gasteiger partial charge >= 0.3 is 123 Å². The van der Waals surface area contributed by atoms with Gasteiger partial charge in [0.05, 0.1) is 0 Å².